The van der Waals surface area contributed by atoms with Crippen molar-refractivity contribution in [2.75, 3.05) is 14.2 Å². The lowest BCUT2D eigenvalue weighted by Gasteiger charge is -2.17. The van der Waals surface area contributed by atoms with Gasteiger partial charge in [0.05, 0.1) is 19.2 Å². The number of hydrogen-bond donors (Lipinski definition) is 1. The molecule has 0 aliphatic rings. The van der Waals surface area contributed by atoms with Gasteiger partial charge in [-0.2, -0.15) is 0 Å². The summed E-state index contributed by atoms with van der Waals surface area (Å²) >= 11 is 6.15. The van der Waals surface area contributed by atoms with Crippen molar-refractivity contribution >= 4 is 11.6 Å². The van der Waals surface area contributed by atoms with Gasteiger partial charge >= 0.3 is 0 Å². The average Bonchev–Trinajstić information content (AvgIpc) is 2.48. The first kappa shape index (κ1) is 15.5. The van der Waals surface area contributed by atoms with E-state index in [1.165, 1.54) is 26.4 Å². The van der Waals surface area contributed by atoms with Crippen molar-refractivity contribution in [2.24, 2.45) is 0 Å². The van der Waals surface area contributed by atoms with Gasteiger partial charge in [-0.25, -0.2) is 8.78 Å². The molecule has 0 fully saturated rings. The molecule has 1 N–H and O–H groups in total. The fraction of sp³-hybridized carbons (Fsp3) is 0.200. The van der Waals surface area contributed by atoms with E-state index in [1.54, 1.807) is 0 Å². The molecule has 0 aliphatic heterocycles. The second kappa shape index (κ2) is 6.28. The van der Waals surface area contributed by atoms with E-state index < -0.39 is 17.7 Å². The van der Waals surface area contributed by atoms with Crippen LogP contribution in [0.2, 0.25) is 5.02 Å². The highest BCUT2D eigenvalue weighted by atomic mass is 35.5. The molecule has 0 saturated carbocycles. The van der Waals surface area contributed by atoms with E-state index in [0.717, 1.165) is 18.2 Å². The standard InChI is InChI=1S/C15H13ClF2O3/c1-20-12-6-4-9(13(16)15(12)21-2)14(19)10-7-8(17)3-5-11(10)18/h3-7,14,19H,1-2H3. The van der Waals surface area contributed by atoms with Gasteiger partial charge < -0.3 is 14.6 Å². The third-order valence-corrected chi connectivity index (χ3v) is 3.45. The fourth-order valence-electron chi connectivity index (χ4n) is 2.01. The Balaban J connectivity index is 2.53. The Labute approximate surface area is 125 Å². The SMILES string of the molecule is COc1ccc(C(O)c2cc(F)ccc2F)c(Cl)c1OC. The average molecular weight is 315 g/mol. The van der Waals surface area contributed by atoms with Gasteiger partial charge in [-0.3, -0.25) is 0 Å². The van der Waals surface area contributed by atoms with Gasteiger partial charge in [0, 0.05) is 11.1 Å². The first-order valence-corrected chi connectivity index (χ1v) is 6.40. The van der Waals surface area contributed by atoms with Crippen molar-refractivity contribution in [2.45, 2.75) is 6.10 Å². The molecule has 0 heterocycles. The fourth-order valence-corrected chi connectivity index (χ4v) is 2.34. The van der Waals surface area contributed by atoms with Gasteiger partial charge in [0.1, 0.15) is 17.7 Å². The molecule has 0 amide bonds. The third kappa shape index (κ3) is 2.94. The largest absolute Gasteiger partial charge is 0.493 e. The molecule has 2 aromatic carbocycles. The van der Waals surface area contributed by atoms with E-state index in [-0.39, 0.29) is 21.9 Å². The molecule has 6 heteroatoms. The molecule has 0 aliphatic carbocycles. The zero-order valence-corrected chi connectivity index (χ0v) is 12.1. The lowest BCUT2D eigenvalue weighted by molar-refractivity contribution is 0.213. The first-order chi connectivity index (χ1) is 9.99. The maximum atomic E-state index is 13.7. The number of hydrogen-bond acceptors (Lipinski definition) is 3. The summed E-state index contributed by atoms with van der Waals surface area (Å²) in [4.78, 5) is 0. The van der Waals surface area contributed by atoms with Crippen molar-refractivity contribution in [1.29, 1.82) is 0 Å². The maximum absolute atomic E-state index is 13.7. The summed E-state index contributed by atoms with van der Waals surface area (Å²) in [5.41, 5.74) is -0.0112. The molecule has 1 unspecified atom stereocenters. The van der Waals surface area contributed by atoms with Crippen molar-refractivity contribution in [1.82, 2.24) is 0 Å². The molecule has 2 aromatic rings. The lowest BCUT2D eigenvalue weighted by Crippen LogP contribution is -2.05. The van der Waals surface area contributed by atoms with E-state index in [4.69, 9.17) is 21.1 Å². The normalized spacial score (nSPS) is 12.1. The Morgan fingerprint density at radius 3 is 2.38 bits per heavy atom. The molecule has 0 spiro atoms. The molecule has 1 atom stereocenters. The van der Waals surface area contributed by atoms with Crippen LogP contribution in [0.15, 0.2) is 30.3 Å². The molecule has 0 aromatic heterocycles. The molecule has 2 rings (SSSR count). The first-order valence-electron chi connectivity index (χ1n) is 6.03. The number of ether oxygens (including phenoxy) is 2. The van der Waals surface area contributed by atoms with Crippen LogP contribution in [0.25, 0.3) is 0 Å². The maximum Gasteiger partial charge on any atom is 0.179 e. The smallest absolute Gasteiger partial charge is 0.179 e. The van der Waals surface area contributed by atoms with Crippen molar-refractivity contribution in [3.05, 3.63) is 58.1 Å². The summed E-state index contributed by atoms with van der Waals surface area (Å²) in [5.74, 6) is -0.789. The topological polar surface area (TPSA) is 38.7 Å². The quantitative estimate of drug-likeness (QED) is 0.935. The summed E-state index contributed by atoms with van der Waals surface area (Å²) in [6, 6.07) is 5.84. The van der Waals surface area contributed by atoms with Gasteiger partial charge in [0.15, 0.2) is 11.5 Å². The molecular formula is C15H13ClF2O3. The van der Waals surface area contributed by atoms with Crippen LogP contribution in [0.5, 0.6) is 11.5 Å². The molecule has 112 valence electrons. The zero-order chi connectivity index (χ0) is 15.6. The van der Waals surface area contributed by atoms with Crippen LogP contribution >= 0.6 is 11.6 Å². The number of halogens is 3. The van der Waals surface area contributed by atoms with E-state index in [2.05, 4.69) is 0 Å². The lowest BCUT2D eigenvalue weighted by atomic mass is 10.00. The minimum absolute atomic E-state index is 0.0769. The van der Waals surface area contributed by atoms with Crippen LogP contribution in [0.3, 0.4) is 0 Å². The Bertz CT molecular complexity index is 662. The highest BCUT2D eigenvalue weighted by Gasteiger charge is 2.22. The van der Waals surface area contributed by atoms with Crippen LogP contribution in [0.1, 0.15) is 17.2 Å². The van der Waals surface area contributed by atoms with E-state index in [1.807, 2.05) is 0 Å². The van der Waals surface area contributed by atoms with Crippen LogP contribution in [-0.4, -0.2) is 19.3 Å². The van der Waals surface area contributed by atoms with Gasteiger partial charge in [0.25, 0.3) is 0 Å². The predicted octanol–water partition coefficient (Wildman–Crippen LogP) is 3.72. The van der Waals surface area contributed by atoms with Gasteiger partial charge in [-0.1, -0.05) is 17.7 Å². The Hall–Kier alpha value is -1.85. The third-order valence-electron chi connectivity index (χ3n) is 3.06. The van der Waals surface area contributed by atoms with E-state index in [0.29, 0.717) is 5.75 Å². The number of aliphatic hydroxyl groups is 1. The number of rotatable bonds is 4. The Morgan fingerprint density at radius 1 is 1.05 bits per heavy atom. The molecule has 0 radical (unpaired) electrons. The second-order valence-electron chi connectivity index (χ2n) is 4.27. The molecule has 21 heavy (non-hydrogen) atoms. The van der Waals surface area contributed by atoms with E-state index in [9.17, 15) is 13.9 Å². The predicted molar refractivity (Wildman–Crippen MR) is 75.0 cm³/mol. The molecule has 3 nitrogen and oxygen atoms in total. The highest BCUT2D eigenvalue weighted by Crippen LogP contribution is 2.41. The van der Waals surface area contributed by atoms with Crippen LogP contribution in [-0.2, 0) is 0 Å². The summed E-state index contributed by atoms with van der Waals surface area (Å²) in [6.45, 7) is 0. The second-order valence-corrected chi connectivity index (χ2v) is 4.65. The number of methoxy groups -OCH3 is 2. The number of aliphatic hydroxyl groups excluding tert-OH is 1. The zero-order valence-electron chi connectivity index (χ0n) is 11.4. The van der Waals surface area contributed by atoms with Crippen LogP contribution < -0.4 is 9.47 Å². The van der Waals surface area contributed by atoms with E-state index >= 15 is 0 Å². The summed E-state index contributed by atoms with van der Waals surface area (Å²) in [6.07, 6.45) is -1.42. The van der Waals surface area contributed by atoms with Gasteiger partial charge in [-0.15, -0.1) is 0 Å². The monoisotopic (exact) mass is 314 g/mol. The van der Waals surface area contributed by atoms with Crippen molar-refractivity contribution < 1.29 is 23.4 Å². The highest BCUT2D eigenvalue weighted by molar-refractivity contribution is 6.33. The summed E-state index contributed by atoms with van der Waals surface area (Å²) in [5, 5.41) is 10.4. The van der Waals surface area contributed by atoms with Crippen molar-refractivity contribution in [3.8, 4) is 11.5 Å². The van der Waals surface area contributed by atoms with Crippen molar-refractivity contribution in [3.63, 3.8) is 0 Å². The minimum Gasteiger partial charge on any atom is -0.493 e. The summed E-state index contributed by atoms with van der Waals surface area (Å²) < 4.78 is 37.2. The molecular weight excluding hydrogens is 302 g/mol. The molecule has 0 bridgehead atoms. The Kier molecular flexibility index (Phi) is 4.65. The summed E-state index contributed by atoms with van der Waals surface area (Å²) in [7, 11) is 2.83. The van der Waals surface area contributed by atoms with Gasteiger partial charge in [-0.05, 0) is 24.3 Å². The van der Waals surface area contributed by atoms with Crippen LogP contribution in [0, 0.1) is 11.6 Å². The van der Waals surface area contributed by atoms with Gasteiger partial charge in [0.2, 0.25) is 0 Å². The van der Waals surface area contributed by atoms with Crippen LogP contribution in [0.4, 0.5) is 8.78 Å². The number of benzene rings is 2. The minimum atomic E-state index is -1.42. The Morgan fingerprint density at radius 2 is 1.76 bits per heavy atom. The molecule has 0 saturated heterocycles.